The van der Waals surface area contributed by atoms with Gasteiger partial charge in [0.15, 0.2) is 0 Å². The highest BCUT2D eigenvalue weighted by atomic mass is 16.5. The molecule has 1 aliphatic rings. The minimum absolute atomic E-state index is 0.0504. The van der Waals surface area contributed by atoms with Gasteiger partial charge < -0.3 is 9.15 Å². The van der Waals surface area contributed by atoms with Gasteiger partial charge in [0, 0.05) is 30.2 Å². The zero-order chi connectivity index (χ0) is 22.8. The van der Waals surface area contributed by atoms with Crippen LogP contribution in [-0.4, -0.2) is 33.5 Å². The molecular formula is C26H24N4O3. The standard InChI is InChI=1S/C26H24N4O3/c1-3-25(31)30-23(16-22(27-30)24-13-8-14-33-24)21-17-29(19-10-5-4-6-11-19)28-26(21)18-9-7-12-20(15-18)32-2/h4-15,17,23H,3,16H2,1-2H3. The maximum absolute atomic E-state index is 12.9. The number of carbonyl (C=O) groups excluding carboxylic acids is 1. The van der Waals surface area contributed by atoms with E-state index in [4.69, 9.17) is 14.3 Å². The lowest BCUT2D eigenvalue weighted by molar-refractivity contribution is -0.132. The first kappa shape index (κ1) is 20.8. The fourth-order valence-electron chi connectivity index (χ4n) is 4.07. The maximum atomic E-state index is 12.9. The van der Waals surface area contributed by atoms with Gasteiger partial charge >= 0.3 is 0 Å². The van der Waals surface area contributed by atoms with Crippen LogP contribution in [-0.2, 0) is 4.79 Å². The lowest BCUT2D eigenvalue weighted by Crippen LogP contribution is -2.26. The highest BCUT2D eigenvalue weighted by Gasteiger charge is 2.36. The number of hydrogen-bond donors (Lipinski definition) is 0. The van der Waals surface area contributed by atoms with Gasteiger partial charge in [-0.3, -0.25) is 4.79 Å². The fourth-order valence-corrected chi connectivity index (χ4v) is 4.07. The Kier molecular flexibility index (Phi) is 5.52. The Labute approximate surface area is 191 Å². The molecule has 1 aliphatic heterocycles. The second-order valence-electron chi connectivity index (χ2n) is 7.78. The molecule has 1 unspecified atom stereocenters. The van der Waals surface area contributed by atoms with Crippen LogP contribution >= 0.6 is 0 Å². The van der Waals surface area contributed by atoms with Crippen LogP contribution in [0.25, 0.3) is 16.9 Å². The summed E-state index contributed by atoms with van der Waals surface area (Å²) in [6.07, 6.45) is 4.50. The third kappa shape index (κ3) is 3.93. The number of benzene rings is 2. The van der Waals surface area contributed by atoms with Crippen molar-refractivity contribution in [3.63, 3.8) is 0 Å². The van der Waals surface area contributed by atoms with Gasteiger partial charge in [0.25, 0.3) is 0 Å². The van der Waals surface area contributed by atoms with E-state index >= 15 is 0 Å². The Balaban J connectivity index is 1.64. The lowest BCUT2D eigenvalue weighted by Gasteiger charge is -2.21. The third-order valence-corrected chi connectivity index (χ3v) is 5.74. The van der Waals surface area contributed by atoms with Crippen molar-refractivity contribution in [2.75, 3.05) is 7.11 Å². The van der Waals surface area contributed by atoms with Gasteiger partial charge in [-0.05, 0) is 36.4 Å². The van der Waals surface area contributed by atoms with Gasteiger partial charge in [0.2, 0.25) is 5.91 Å². The van der Waals surface area contributed by atoms with Crippen LogP contribution in [0.1, 0.15) is 37.1 Å². The van der Waals surface area contributed by atoms with E-state index in [0.29, 0.717) is 18.6 Å². The molecule has 0 fully saturated rings. The van der Waals surface area contributed by atoms with E-state index in [1.54, 1.807) is 18.4 Å². The van der Waals surface area contributed by atoms with Crippen LogP contribution in [0.2, 0.25) is 0 Å². The molecule has 166 valence electrons. The summed E-state index contributed by atoms with van der Waals surface area (Å²) in [5.41, 5.74) is 4.29. The molecule has 0 saturated heterocycles. The van der Waals surface area contributed by atoms with Crippen molar-refractivity contribution in [2.24, 2.45) is 5.10 Å². The minimum atomic E-state index is -0.295. The van der Waals surface area contributed by atoms with Crippen molar-refractivity contribution < 1.29 is 13.9 Å². The molecule has 2 aromatic heterocycles. The Morgan fingerprint density at radius 3 is 2.70 bits per heavy atom. The molecule has 1 atom stereocenters. The minimum Gasteiger partial charge on any atom is -0.497 e. The lowest BCUT2D eigenvalue weighted by atomic mass is 9.98. The van der Waals surface area contributed by atoms with Gasteiger partial charge in [-0.25, -0.2) is 9.69 Å². The van der Waals surface area contributed by atoms with Crippen molar-refractivity contribution in [1.29, 1.82) is 0 Å². The van der Waals surface area contributed by atoms with E-state index in [0.717, 1.165) is 34.0 Å². The van der Waals surface area contributed by atoms with Gasteiger partial charge in [-0.2, -0.15) is 10.2 Å². The molecule has 7 nitrogen and oxygen atoms in total. The average molecular weight is 441 g/mol. The first-order chi connectivity index (χ1) is 16.2. The monoisotopic (exact) mass is 440 g/mol. The molecule has 1 amide bonds. The van der Waals surface area contributed by atoms with Crippen LogP contribution in [0, 0.1) is 0 Å². The van der Waals surface area contributed by atoms with E-state index in [1.807, 2.05) is 84.5 Å². The number of para-hydroxylation sites is 1. The number of nitrogens with zero attached hydrogens (tertiary/aromatic N) is 4. The molecule has 3 heterocycles. The summed E-state index contributed by atoms with van der Waals surface area (Å²) in [6, 6.07) is 21.1. The molecular weight excluding hydrogens is 416 g/mol. The topological polar surface area (TPSA) is 72.9 Å². The predicted octanol–water partition coefficient (Wildman–Crippen LogP) is 5.23. The van der Waals surface area contributed by atoms with Gasteiger partial charge in [0.1, 0.15) is 17.2 Å². The Morgan fingerprint density at radius 2 is 1.97 bits per heavy atom. The largest absolute Gasteiger partial charge is 0.497 e. The Morgan fingerprint density at radius 1 is 1.12 bits per heavy atom. The number of rotatable bonds is 6. The second-order valence-corrected chi connectivity index (χ2v) is 7.78. The van der Waals surface area contributed by atoms with Gasteiger partial charge in [0.05, 0.1) is 30.8 Å². The summed E-state index contributed by atoms with van der Waals surface area (Å²) in [4.78, 5) is 12.9. The maximum Gasteiger partial charge on any atom is 0.242 e. The van der Waals surface area contributed by atoms with Crippen LogP contribution in [0.5, 0.6) is 5.75 Å². The summed E-state index contributed by atoms with van der Waals surface area (Å²) >= 11 is 0. The van der Waals surface area contributed by atoms with E-state index < -0.39 is 0 Å². The predicted molar refractivity (Wildman–Crippen MR) is 125 cm³/mol. The van der Waals surface area contributed by atoms with E-state index in [2.05, 4.69) is 5.10 Å². The van der Waals surface area contributed by atoms with Crippen molar-refractivity contribution in [1.82, 2.24) is 14.8 Å². The summed E-state index contributed by atoms with van der Waals surface area (Å²) in [6.45, 7) is 1.84. The van der Waals surface area contributed by atoms with E-state index in [9.17, 15) is 4.79 Å². The molecule has 0 spiro atoms. The van der Waals surface area contributed by atoms with Gasteiger partial charge in [-0.1, -0.05) is 37.3 Å². The molecule has 0 aliphatic carbocycles. The summed E-state index contributed by atoms with van der Waals surface area (Å²) in [5, 5.41) is 11.2. The molecule has 0 N–H and O–H groups in total. The molecule has 5 rings (SSSR count). The van der Waals surface area contributed by atoms with Crippen molar-refractivity contribution in [2.45, 2.75) is 25.8 Å². The molecule has 33 heavy (non-hydrogen) atoms. The van der Waals surface area contributed by atoms with Crippen LogP contribution in [0.3, 0.4) is 0 Å². The van der Waals surface area contributed by atoms with Crippen molar-refractivity contribution in [3.05, 3.63) is 90.5 Å². The smallest absolute Gasteiger partial charge is 0.242 e. The summed E-state index contributed by atoms with van der Waals surface area (Å²) < 4.78 is 12.9. The normalized spacial score (nSPS) is 15.5. The Hall–Kier alpha value is -4.13. The van der Waals surface area contributed by atoms with Crippen LogP contribution in [0.4, 0.5) is 0 Å². The van der Waals surface area contributed by atoms with E-state index in [-0.39, 0.29) is 11.9 Å². The zero-order valence-corrected chi connectivity index (χ0v) is 18.5. The molecule has 7 heteroatoms. The molecule has 0 saturated carbocycles. The van der Waals surface area contributed by atoms with Crippen molar-refractivity contribution in [3.8, 4) is 22.7 Å². The number of methoxy groups -OCH3 is 1. The second kappa shape index (κ2) is 8.78. The quantitative estimate of drug-likeness (QED) is 0.412. The first-order valence-corrected chi connectivity index (χ1v) is 10.9. The number of hydrogen-bond acceptors (Lipinski definition) is 5. The summed E-state index contributed by atoms with van der Waals surface area (Å²) in [5.74, 6) is 1.36. The van der Waals surface area contributed by atoms with Gasteiger partial charge in [-0.15, -0.1) is 0 Å². The average Bonchev–Trinajstić information content (AvgIpc) is 3.63. The fraction of sp³-hybridized carbons (Fsp3) is 0.192. The number of aromatic nitrogens is 2. The molecule has 0 bridgehead atoms. The number of amides is 1. The van der Waals surface area contributed by atoms with Crippen LogP contribution in [0.15, 0.2) is 88.7 Å². The number of hydrazone groups is 1. The first-order valence-electron chi connectivity index (χ1n) is 10.9. The zero-order valence-electron chi connectivity index (χ0n) is 18.5. The SMILES string of the molecule is CCC(=O)N1N=C(c2ccco2)CC1c1cn(-c2ccccc2)nc1-c1cccc(OC)c1. The number of carbonyl (C=O) groups is 1. The Bertz CT molecular complexity index is 1290. The summed E-state index contributed by atoms with van der Waals surface area (Å²) in [7, 11) is 1.64. The highest BCUT2D eigenvalue weighted by molar-refractivity contribution is 6.01. The third-order valence-electron chi connectivity index (χ3n) is 5.74. The molecule has 4 aromatic rings. The van der Waals surface area contributed by atoms with Crippen LogP contribution < -0.4 is 4.74 Å². The molecule has 2 aromatic carbocycles. The van der Waals surface area contributed by atoms with E-state index in [1.165, 1.54) is 0 Å². The van der Waals surface area contributed by atoms with Crippen molar-refractivity contribution >= 4 is 11.6 Å². The molecule has 0 radical (unpaired) electrons. The number of ether oxygens (including phenoxy) is 1. The number of furan rings is 1. The highest BCUT2D eigenvalue weighted by Crippen LogP contribution is 2.39.